The van der Waals surface area contributed by atoms with Crippen molar-refractivity contribution < 1.29 is 4.79 Å². The Bertz CT molecular complexity index is 584. The topological polar surface area (TPSA) is 72.9 Å². The van der Waals surface area contributed by atoms with E-state index in [2.05, 4.69) is 10.3 Å². The fourth-order valence-electron chi connectivity index (χ4n) is 1.88. The van der Waals surface area contributed by atoms with E-state index in [0.29, 0.717) is 6.42 Å². The monoisotopic (exact) mass is 330 g/mol. The lowest BCUT2D eigenvalue weighted by Crippen LogP contribution is -2.23. The Balaban J connectivity index is 0.00000200. The summed E-state index contributed by atoms with van der Waals surface area (Å²) in [5, 5.41) is 2.84. The lowest BCUT2D eigenvalue weighted by atomic mass is 10.1. The van der Waals surface area contributed by atoms with Crippen LogP contribution < -0.4 is 11.1 Å². The largest absolute Gasteiger partial charge is 0.334 e. The molecular weight excluding hydrogens is 311 g/mol. The molecule has 1 aromatic carbocycles. The summed E-state index contributed by atoms with van der Waals surface area (Å²) in [5.41, 5.74) is 7.32. The van der Waals surface area contributed by atoms with E-state index >= 15 is 0 Å². The van der Waals surface area contributed by atoms with E-state index in [1.54, 1.807) is 6.20 Å². The zero-order valence-corrected chi connectivity index (χ0v) is 13.6. The predicted molar refractivity (Wildman–Crippen MR) is 90.0 cm³/mol. The molecule has 0 aliphatic carbocycles. The van der Waals surface area contributed by atoms with Crippen LogP contribution in [-0.4, -0.2) is 21.5 Å². The molecule has 116 valence electrons. The third kappa shape index (κ3) is 5.38. The molecule has 0 radical (unpaired) electrons. The highest BCUT2D eigenvalue weighted by molar-refractivity contribution is 5.91. The van der Waals surface area contributed by atoms with Crippen molar-refractivity contribution in [2.75, 3.05) is 5.32 Å². The molecule has 1 amide bonds. The van der Waals surface area contributed by atoms with Gasteiger partial charge in [-0.05, 0) is 19.1 Å². The maximum Gasteiger partial charge on any atom is 0.225 e. The third-order valence-electron chi connectivity index (χ3n) is 2.73. The highest BCUT2D eigenvalue weighted by Crippen LogP contribution is 2.20. The van der Waals surface area contributed by atoms with Crippen molar-refractivity contribution in [2.24, 2.45) is 12.8 Å². The van der Waals surface area contributed by atoms with Gasteiger partial charge in [0, 0.05) is 43.2 Å². The van der Waals surface area contributed by atoms with Gasteiger partial charge in [-0.25, -0.2) is 4.98 Å². The van der Waals surface area contributed by atoms with Crippen LogP contribution in [0, 0.1) is 0 Å². The van der Waals surface area contributed by atoms with E-state index in [1.807, 2.05) is 49.0 Å². The SMILES string of the molecule is CC(N)CC(=O)Nc1cccc(-c2nccn2C)c1.Cl.Cl. The van der Waals surface area contributed by atoms with Crippen LogP contribution in [0.15, 0.2) is 36.7 Å². The molecule has 0 aliphatic heterocycles. The van der Waals surface area contributed by atoms with Crippen LogP contribution in [0.2, 0.25) is 0 Å². The van der Waals surface area contributed by atoms with Crippen LogP contribution in [0.1, 0.15) is 13.3 Å². The maximum atomic E-state index is 11.7. The molecule has 0 saturated heterocycles. The smallest absolute Gasteiger partial charge is 0.225 e. The Kier molecular flexibility index (Phi) is 8.02. The first-order chi connectivity index (χ1) is 9.06. The highest BCUT2D eigenvalue weighted by Gasteiger charge is 2.07. The van der Waals surface area contributed by atoms with E-state index in [4.69, 9.17) is 5.73 Å². The molecule has 0 aliphatic rings. The van der Waals surface area contributed by atoms with Gasteiger partial charge in [0.15, 0.2) is 0 Å². The van der Waals surface area contributed by atoms with Crippen molar-refractivity contribution in [2.45, 2.75) is 19.4 Å². The average Bonchev–Trinajstić information content (AvgIpc) is 2.74. The molecule has 2 rings (SSSR count). The molecule has 0 saturated carbocycles. The van der Waals surface area contributed by atoms with Gasteiger partial charge in [-0.2, -0.15) is 0 Å². The van der Waals surface area contributed by atoms with Gasteiger partial charge in [0.2, 0.25) is 5.91 Å². The van der Waals surface area contributed by atoms with Crippen molar-refractivity contribution in [1.82, 2.24) is 9.55 Å². The second kappa shape index (κ2) is 8.67. The summed E-state index contributed by atoms with van der Waals surface area (Å²) in [6.45, 7) is 1.81. The van der Waals surface area contributed by atoms with Gasteiger partial charge in [0.1, 0.15) is 5.82 Å². The van der Waals surface area contributed by atoms with E-state index < -0.39 is 0 Å². The van der Waals surface area contributed by atoms with Crippen LogP contribution in [0.25, 0.3) is 11.4 Å². The summed E-state index contributed by atoms with van der Waals surface area (Å²) >= 11 is 0. The number of nitrogens with one attached hydrogen (secondary N) is 1. The molecule has 5 nitrogen and oxygen atoms in total. The second-order valence-electron chi connectivity index (χ2n) is 4.67. The first-order valence-electron chi connectivity index (χ1n) is 6.19. The molecule has 1 unspecified atom stereocenters. The number of carbonyl (C=O) groups is 1. The predicted octanol–water partition coefficient (Wildman–Crippen LogP) is 2.61. The van der Waals surface area contributed by atoms with Gasteiger partial charge >= 0.3 is 0 Å². The summed E-state index contributed by atoms with van der Waals surface area (Å²) in [5.74, 6) is 0.787. The van der Waals surface area contributed by atoms with Crippen LogP contribution in [0.5, 0.6) is 0 Å². The Morgan fingerprint density at radius 1 is 1.43 bits per heavy atom. The molecule has 0 fully saturated rings. The zero-order chi connectivity index (χ0) is 13.8. The normalized spacial score (nSPS) is 11.0. The van der Waals surface area contributed by atoms with Crippen molar-refractivity contribution >= 4 is 36.4 Å². The van der Waals surface area contributed by atoms with Crippen LogP contribution in [0.3, 0.4) is 0 Å². The number of carbonyl (C=O) groups excluding carboxylic acids is 1. The fourth-order valence-corrected chi connectivity index (χ4v) is 1.88. The minimum atomic E-state index is -0.141. The number of halogens is 2. The zero-order valence-electron chi connectivity index (χ0n) is 11.9. The minimum Gasteiger partial charge on any atom is -0.334 e. The van der Waals surface area contributed by atoms with Crippen molar-refractivity contribution in [1.29, 1.82) is 0 Å². The van der Waals surface area contributed by atoms with Gasteiger partial charge in [-0.3, -0.25) is 4.79 Å². The Morgan fingerprint density at radius 2 is 2.14 bits per heavy atom. The number of nitrogens with two attached hydrogens (primary N) is 1. The maximum absolute atomic E-state index is 11.7. The van der Waals surface area contributed by atoms with Gasteiger partial charge < -0.3 is 15.6 Å². The Hall–Kier alpha value is -1.56. The number of anilines is 1. The van der Waals surface area contributed by atoms with Crippen molar-refractivity contribution in [3.63, 3.8) is 0 Å². The summed E-state index contributed by atoms with van der Waals surface area (Å²) in [6.07, 6.45) is 3.94. The van der Waals surface area contributed by atoms with E-state index in [1.165, 1.54) is 0 Å². The number of benzene rings is 1. The summed E-state index contributed by atoms with van der Waals surface area (Å²) in [7, 11) is 1.93. The molecule has 0 spiro atoms. The van der Waals surface area contributed by atoms with E-state index in [-0.39, 0.29) is 36.8 Å². The molecule has 1 aromatic heterocycles. The number of aryl methyl sites for hydroxylation is 1. The van der Waals surface area contributed by atoms with Crippen LogP contribution in [0.4, 0.5) is 5.69 Å². The van der Waals surface area contributed by atoms with Crippen molar-refractivity contribution in [3.05, 3.63) is 36.7 Å². The van der Waals surface area contributed by atoms with E-state index in [9.17, 15) is 4.79 Å². The van der Waals surface area contributed by atoms with Gasteiger partial charge in [-0.1, -0.05) is 12.1 Å². The summed E-state index contributed by atoms with van der Waals surface area (Å²) < 4.78 is 1.93. The Labute approximate surface area is 136 Å². The number of aromatic nitrogens is 2. The number of hydrogen-bond acceptors (Lipinski definition) is 3. The standard InChI is InChI=1S/C14H18N4O.2ClH/c1-10(15)8-13(19)17-12-5-3-4-11(9-12)14-16-6-7-18(14)2;;/h3-7,9-10H,8,15H2,1-2H3,(H,17,19);2*1H. The number of rotatable bonds is 4. The van der Waals surface area contributed by atoms with Gasteiger partial charge in [0.05, 0.1) is 0 Å². The highest BCUT2D eigenvalue weighted by atomic mass is 35.5. The van der Waals surface area contributed by atoms with Crippen LogP contribution >= 0.6 is 24.8 Å². The number of imidazole rings is 1. The summed E-state index contributed by atoms with van der Waals surface area (Å²) in [6, 6.07) is 7.47. The molecule has 1 atom stereocenters. The second-order valence-corrected chi connectivity index (χ2v) is 4.67. The van der Waals surface area contributed by atoms with E-state index in [0.717, 1.165) is 17.1 Å². The quantitative estimate of drug-likeness (QED) is 0.904. The summed E-state index contributed by atoms with van der Waals surface area (Å²) in [4.78, 5) is 16.0. The molecule has 21 heavy (non-hydrogen) atoms. The molecule has 3 N–H and O–H groups in total. The number of hydrogen-bond donors (Lipinski definition) is 2. The first-order valence-corrected chi connectivity index (χ1v) is 6.19. The molecular formula is C14H20Cl2N4O. The van der Waals surface area contributed by atoms with Crippen LogP contribution in [-0.2, 0) is 11.8 Å². The molecule has 7 heteroatoms. The average molecular weight is 331 g/mol. The fraction of sp³-hybridized carbons (Fsp3) is 0.286. The Morgan fingerprint density at radius 3 is 2.71 bits per heavy atom. The third-order valence-corrected chi connectivity index (χ3v) is 2.73. The van der Waals surface area contributed by atoms with Gasteiger partial charge in [0.25, 0.3) is 0 Å². The minimum absolute atomic E-state index is 0. The molecule has 2 aromatic rings. The number of nitrogens with zero attached hydrogens (tertiary/aromatic N) is 2. The van der Waals surface area contributed by atoms with Crippen molar-refractivity contribution in [3.8, 4) is 11.4 Å². The number of amides is 1. The first kappa shape index (κ1) is 19.4. The molecule has 1 heterocycles. The molecule has 0 bridgehead atoms. The lowest BCUT2D eigenvalue weighted by molar-refractivity contribution is -0.116. The van der Waals surface area contributed by atoms with Gasteiger partial charge in [-0.15, -0.1) is 24.8 Å². The lowest BCUT2D eigenvalue weighted by Gasteiger charge is -2.09.